The van der Waals surface area contributed by atoms with E-state index in [2.05, 4.69) is 27.2 Å². The fourth-order valence-electron chi connectivity index (χ4n) is 3.01. The van der Waals surface area contributed by atoms with E-state index in [0.29, 0.717) is 24.2 Å². The zero-order valence-corrected chi connectivity index (χ0v) is 14.1. The van der Waals surface area contributed by atoms with Gasteiger partial charge in [-0.25, -0.2) is 9.67 Å². The van der Waals surface area contributed by atoms with E-state index in [-0.39, 0.29) is 5.91 Å². The lowest BCUT2D eigenvalue weighted by Crippen LogP contribution is -2.38. The summed E-state index contributed by atoms with van der Waals surface area (Å²) in [5.74, 6) is -0.0817. The highest BCUT2D eigenvalue weighted by Crippen LogP contribution is 2.31. The highest BCUT2D eigenvalue weighted by Gasteiger charge is 2.20. The van der Waals surface area contributed by atoms with Crippen molar-refractivity contribution in [3.63, 3.8) is 0 Å². The Morgan fingerprint density at radius 1 is 1.39 bits per heavy atom. The van der Waals surface area contributed by atoms with Gasteiger partial charge in [-0.05, 0) is 39.9 Å². The highest BCUT2D eigenvalue weighted by molar-refractivity contribution is 5.96. The van der Waals surface area contributed by atoms with E-state index >= 15 is 0 Å². The molecule has 1 saturated carbocycles. The second-order valence-corrected chi connectivity index (χ2v) is 6.69. The molecule has 1 atom stereocenters. The van der Waals surface area contributed by atoms with Crippen LogP contribution in [0.1, 0.15) is 49.0 Å². The molecule has 6 heteroatoms. The summed E-state index contributed by atoms with van der Waals surface area (Å²) in [4.78, 5) is 18.9. The van der Waals surface area contributed by atoms with Crippen LogP contribution >= 0.6 is 0 Å². The smallest absolute Gasteiger partial charge is 0.252 e. The summed E-state index contributed by atoms with van der Waals surface area (Å²) in [6.45, 7) is 2.69. The summed E-state index contributed by atoms with van der Waals surface area (Å²) in [6, 6.07) is 2.64. The number of nitrogens with zero attached hydrogens (tertiary/aromatic N) is 4. The van der Waals surface area contributed by atoms with Crippen LogP contribution in [0.5, 0.6) is 0 Å². The van der Waals surface area contributed by atoms with Gasteiger partial charge in [-0.15, -0.1) is 0 Å². The van der Waals surface area contributed by atoms with Crippen molar-refractivity contribution in [2.75, 3.05) is 20.6 Å². The molecule has 124 valence electrons. The van der Waals surface area contributed by atoms with Gasteiger partial charge in [-0.1, -0.05) is 12.8 Å². The minimum atomic E-state index is -0.0817. The largest absolute Gasteiger partial charge is 0.350 e. The van der Waals surface area contributed by atoms with Crippen molar-refractivity contribution >= 4 is 16.9 Å². The standard InChI is InChI=1S/C17H25N5O/c1-12(21(2)3)9-19-17(23)14-8-13-11-20-22(16(13)18-10-14)15-6-4-5-7-15/h8,10-12,15H,4-7,9H2,1-3H3,(H,19,23)/t12-/m0/s1. The number of hydrogen-bond acceptors (Lipinski definition) is 4. The number of pyridine rings is 1. The van der Waals surface area contributed by atoms with Crippen molar-refractivity contribution in [2.45, 2.75) is 44.7 Å². The van der Waals surface area contributed by atoms with Crippen LogP contribution in [0.15, 0.2) is 18.5 Å². The molecule has 2 aromatic rings. The van der Waals surface area contributed by atoms with Crippen molar-refractivity contribution < 1.29 is 4.79 Å². The maximum Gasteiger partial charge on any atom is 0.252 e. The molecule has 3 rings (SSSR count). The van der Waals surface area contributed by atoms with Crippen LogP contribution in [0, 0.1) is 0 Å². The molecule has 2 aromatic heterocycles. The average Bonchev–Trinajstić information content (AvgIpc) is 3.19. The van der Waals surface area contributed by atoms with Crippen LogP contribution in [-0.4, -0.2) is 52.3 Å². The summed E-state index contributed by atoms with van der Waals surface area (Å²) < 4.78 is 2.03. The van der Waals surface area contributed by atoms with Crippen LogP contribution in [0.2, 0.25) is 0 Å². The monoisotopic (exact) mass is 315 g/mol. The Hall–Kier alpha value is -1.95. The molecular weight excluding hydrogens is 290 g/mol. The van der Waals surface area contributed by atoms with Gasteiger partial charge in [0.15, 0.2) is 5.65 Å². The molecule has 0 spiro atoms. The fraction of sp³-hybridized carbons (Fsp3) is 0.588. The summed E-state index contributed by atoms with van der Waals surface area (Å²) in [6.07, 6.45) is 8.34. The van der Waals surface area contributed by atoms with Crippen molar-refractivity contribution in [3.8, 4) is 0 Å². The van der Waals surface area contributed by atoms with Crippen LogP contribution in [-0.2, 0) is 0 Å². The minimum Gasteiger partial charge on any atom is -0.350 e. The number of carbonyl (C=O) groups is 1. The maximum absolute atomic E-state index is 12.3. The second kappa shape index (κ2) is 6.66. The lowest BCUT2D eigenvalue weighted by Gasteiger charge is -2.19. The van der Waals surface area contributed by atoms with E-state index in [4.69, 9.17) is 0 Å². The molecule has 6 nitrogen and oxygen atoms in total. The predicted molar refractivity (Wildman–Crippen MR) is 90.5 cm³/mol. The van der Waals surface area contributed by atoms with Crippen LogP contribution in [0.3, 0.4) is 0 Å². The minimum absolute atomic E-state index is 0.0817. The lowest BCUT2D eigenvalue weighted by molar-refractivity contribution is 0.0943. The summed E-state index contributed by atoms with van der Waals surface area (Å²) >= 11 is 0. The van der Waals surface area contributed by atoms with Gasteiger partial charge >= 0.3 is 0 Å². The quantitative estimate of drug-likeness (QED) is 0.919. The predicted octanol–water partition coefficient (Wildman–Crippen LogP) is 2.23. The van der Waals surface area contributed by atoms with Crippen molar-refractivity contribution in [2.24, 2.45) is 0 Å². The highest BCUT2D eigenvalue weighted by atomic mass is 16.1. The number of rotatable bonds is 5. The molecule has 0 unspecified atom stereocenters. The normalized spacial score (nSPS) is 17.0. The third-order valence-corrected chi connectivity index (χ3v) is 4.81. The maximum atomic E-state index is 12.3. The SMILES string of the molecule is C[C@@H](CNC(=O)c1cnc2c(cnn2C2CCCC2)c1)N(C)C. The number of nitrogens with one attached hydrogen (secondary N) is 1. The number of amides is 1. The lowest BCUT2D eigenvalue weighted by atomic mass is 10.2. The molecule has 1 N–H and O–H groups in total. The number of likely N-dealkylation sites (N-methyl/N-ethyl adjacent to an activating group) is 1. The first-order chi connectivity index (χ1) is 11.1. The van der Waals surface area contributed by atoms with Gasteiger partial charge in [0.25, 0.3) is 5.91 Å². The number of hydrogen-bond donors (Lipinski definition) is 1. The van der Waals surface area contributed by atoms with Crippen molar-refractivity contribution in [1.82, 2.24) is 25.0 Å². The molecule has 0 bridgehead atoms. The first-order valence-corrected chi connectivity index (χ1v) is 8.34. The molecule has 23 heavy (non-hydrogen) atoms. The Morgan fingerprint density at radius 2 is 2.13 bits per heavy atom. The Morgan fingerprint density at radius 3 is 2.83 bits per heavy atom. The number of aromatic nitrogens is 3. The van der Waals surface area contributed by atoms with Gasteiger partial charge in [0, 0.05) is 24.2 Å². The average molecular weight is 315 g/mol. The van der Waals surface area contributed by atoms with Crippen molar-refractivity contribution in [3.05, 3.63) is 24.0 Å². The summed E-state index contributed by atoms with van der Waals surface area (Å²) in [5.41, 5.74) is 1.48. The number of fused-ring (bicyclic) bond motifs is 1. The van der Waals surface area contributed by atoms with Crippen LogP contribution in [0.4, 0.5) is 0 Å². The topological polar surface area (TPSA) is 63.1 Å². The molecule has 2 heterocycles. The van der Waals surface area contributed by atoms with Crippen LogP contribution < -0.4 is 5.32 Å². The molecule has 1 amide bonds. The first-order valence-electron chi connectivity index (χ1n) is 8.34. The van der Waals surface area contributed by atoms with E-state index < -0.39 is 0 Å². The summed E-state index contributed by atoms with van der Waals surface area (Å²) in [7, 11) is 4.00. The Balaban J connectivity index is 1.74. The van der Waals surface area contributed by atoms with Gasteiger partial charge < -0.3 is 10.2 Å². The number of carbonyl (C=O) groups excluding carboxylic acids is 1. The molecule has 1 aliphatic carbocycles. The van der Waals surface area contributed by atoms with Gasteiger partial charge in [0.1, 0.15) is 0 Å². The third kappa shape index (κ3) is 3.37. The first kappa shape index (κ1) is 15.9. The third-order valence-electron chi connectivity index (χ3n) is 4.81. The molecule has 0 aromatic carbocycles. The molecule has 1 fully saturated rings. The molecule has 1 aliphatic rings. The van der Waals surface area contributed by atoms with Gasteiger partial charge in [0.2, 0.25) is 0 Å². The summed E-state index contributed by atoms with van der Waals surface area (Å²) in [5, 5.41) is 8.39. The van der Waals surface area contributed by atoms with Crippen molar-refractivity contribution in [1.29, 1.82) is 0 Å². The van der Waals surface area contributed by atoms with Gasteiger partial charge in [0.05, 0.1) is 17.8 Å². The molecule has 0 radical (unpaired) electrons. The molecular formula is C17H25N5O. The van der Waals surface area contributed by atoms with E-state index in [1.807, 2.05) is 31.0 Å². The van der Waals surface area contributed by atoms with E-state index in [1.54, 1.807) is 6.20 Å². The molecule has 0 aliphatic heterocycles. The zero-order chi connectivity index (χ0) is 16.4. The Kier molecular flexibility index (Phi) is 4.61. The van der Waals surface area contributed by atoms with Gasteiger partial charge in [-0.3, -0.25) is 4.79 Å². The fourth-order valence-corrected chi connectivity index (χ4v) is 3.01. The second-order valence-electron chi connectivity index (χ2n) is 6.69. The molecule has 0 saturated heterocycles. The van der Waals surface area contributed by atoms with E-state index in [1.165, 1.54) is 25.7 Å². The zero-order valence-electron chi connectivity index (χ0n) is 14.1. The Labute approximate surface area is 136 Å². The van der Waals surface area contributed by atoms with Crippen LogP contribution in [0.25, 0.3) is 11.0 Å². The van der Waals surface area contributed by atoms with E-state index in [0.717, 1.165) is 11.0 Å². The Bertz CT molecular complexity index is 687. The van der Waals surface area contributed by atoms with E-state index in [9.17, 15) is 4.79 Å². The van der Waals surface area contributed by atoms with Gasteiger partial charge in [-0.2, -0.15) is 5.10 Å².